The molecule has 0 N–H and O–H groups in total. The SMILES string of the molecule is Cc1nn(C)c(OCC(F)(F)F)c1CN(C)Cc1ccc2c(c1)OCO2. The van der Waals surface area contributed by atoms with Crippen molar-refractivity contribution >= 4 is 0 Å². The van der Waals surface area contributed by atoms with Crippen LogP contribution in [0, 0.1) is 6.92 Å². The molecular formula is C17H20F3N3O3. The molecule has 0 atom stereocenters. The fourth-order valence-corrected chi connectivity index (χ4v) is 2.87. The van der Waals surface area contributed by atoms with Crippen molar-refractivity contribution in [1.82, 2.24) is 14.7 Å². The number of rotatable bonds is 6. The van der Waals surface area contributed by atoms with E-state index in [-0.39, 0.29) is 12.7 Å². The molecule has 0 radical (unpaired) electrons. The molecule has 0 bridgehead atoms. The van der Waals surface area contributed by atoms with Gasteiger partial charge in [-0.25, -0.2) is 4.68 Å². The molecule has 0 aliphatic carbocycles. The van der Waals surface area contributed by atoms with Crippen molar-refractivity contribution in [1.29, 1.82) is 0 Å². The summed E-state index contributed by atoms with van der Waals surface area (Å²) in [4.78, 5) is 1.97. The Kier molecular flexibility index (Phi) is 4.99. The van der Waals surface area contributed by atoms with Gasteiger partial charge in [0.15, 0.2) is 18.1 Å². The van der Waals surface area contributed by atoms with Crippen molar-refractivity contribution in [2.45, 2.75) is 26.2 Å². The number of ether oxygens (including phenoxy) is 3. The van der Waals surface area contributed by atoms with Crippen molar-refractivity contribution in [2.75, 3.05) is 20.4 Å². The normalized spacial score (nSPS) is 13.5. The van der Waals surface area contributed by atoms with E-state index in [2.05, 4.69) is 5.10 Å². The summed E-state index contributed by atoms with van der Waals surface area (Å²) in [7, 11) is 3.45. The average molecular weight is 371 g/mol. The monoisotopic (exact) mass is 371 g/mol. The predicted octanol–water partition coefficient (Wildman–Crippen LogP) is 3.03. The van der Waals surface area contributed by atoms with Gasteiger partial charge in [0.1, 0.15) is 0 Å². The van der Waals surface area contributed by atoms with Crippen molar-refractivity contribution in [2.24, 2.45) is 7.05 Å². The maximum atomic E-state index is 12.5. The lowest BCUT2D eigenvalue weighted by Crippen LogP contribution is -2.22. The molecule has 6 nitrogen and oxygen atoms in total. The summed E-state index contributed by atoms with van der Waals surface area (Å²) in [5, 5.41) is 4.18. The lowest BCUT2D eigenvalue weighted by atomic mass is 10.1. The van der Waals surface area contributed by atoms with E-state index in [9.17, 15) is 13.2 Å². The van der Waals surface area contributed by atoms with Gasteiger partial charge < -0.3 is 14.2 Å². The van der Waals surface area contributed by atoms with Gasteiger partial charge in [0, 0.05) is 20.1 Å². The van der Waals surface area contributed by atoms with Crippen LogP contribution in [-0.4, -0.2) is 41.3 Å². The molecule has 1 aliphatic heterocycles. The number of nitrogens with zero attached hydrogens (tertiary/aromatic N) is 3. The smallest absolute Gasteiger partial charge is 0.422 e. The number of aryl methyl sites for hydroxylation is 2. The summed E-state index contributed by atoms with van der Waals surface area (Å²) in [5.41, 5.74) is 2.29. The van der Waals surface area contributed by atoms with Crippen molar-refractivity contribution in [3.05, 3.63) is 35.0 Å². The molecule has 26 heavy (non-hydrogen) atoms. The molecule has 0 spiro atoms. The third kappa shape index (κ3) is 4.21. The highest BCUT2D eigenvalue weighted by Gasteiger charge is 2.30. The maximum Gasteiger partial charge on any atom is 0.422 e. The first-order valence-corrected chi connectivity index (χ1v) is 8.02. The van der Waals surface area contributed by atoms with E-state index in [0.29, 0.717) is 35.8 Å². The summed E-state index contributed by atoms with van der Waals surface area (Å²) in [5.74, 6) is 1.54. The Labute approximate surface area is 149 Å². The van der Waals surface area contributed by atoms with E-state index in [1.807, 2.05) is 30.1 Å². The van der Waals surface area contributed by atoms with Crippen molar-refractivity contribution in [3.63, 3.8) is 0 Å². The fraction of sp³-hybridized carbons (Fsp3) is 0.471. The van der Waals surface area contributed by atoms with Crippen molar-refractivity contribution < 1.29 is 27.4 Å². The second-order valence-corrected chi connectivity index (χ2v) is 6.26. The van der Waals surface area contributed by atoms with E-state index in [1.54, 1.807) is 14.0 Å². The van der Waals surface area contributed by atoms with Crippen molar-refractivity contribution in [3.8, 4) is 17.4 Å². The lowest BCUT2D eigenvalue weighted by Gasteiger charge is -2.18. The molecule has 0 saturated carbocycles. The Morgan fingerprint density at radius 2 is 1.96 bits per heavy atom. The van der Waals surface area contributed by atoms with Crippen LogP contribution in [-0.2, 0) is 20.1 Å². The number of alkyl halides is 3. The summed E-state index contributed by atoms with van der Waals surface area (Å²) >= 11 is 0. The number of aromatic nitrogens is 2. The molecule has 0 saturated heterocycles. The number of fused-ring (bicyclic) bond motifs is 1. The quantitative estimate of drug-likeness (QED) is 0.781. The molecule has 1 aromatic heterocycles. The second kappa shape index (κ2) is 7.06. The molecule has 1 aromatic carbocycles. The highest BCUT2D eigenvalue weighted by Crippen LogP contribution is 2.33. The summed E-state index contributed by atoms with van der Waals surface area (Å²) < 4.78 is 54.4. The standard InChI is InChI=1S/C17H20F3N3O3/c1-11-13(16(23(3)21-11)24-9-17(18,19)20)8-22(2)7-12-4-5-14-15(6-12)26-10-25-14/h4-6H,7-10H2,1-3H3. The summed E-state index contributed by atoms with van der Waals surface area (Å²) in [6, 6.07) is 5.68. The van der Waals surface area contributed by atoms with Crippen LogP contribution in [0.5, 0.6) is 17.4 Å². The minimum atomic E-state index is -4.40. The summed E-state index contributed by atoms with van der Waals surface area (Å²) in [6.07, 6.45) is -4.40. The Morgan fingerprint density at radius 3 is 2.69 bits per heavy atom. The van der Waals surface area contributed by atoms with Crippen LogP contribution in [0.4, 0.5) is 13.2 Å². The van der Waals surface area contributed by atoms with Gasteiger partial charge in [0.25, 0.3) is 0 Å². The Bertz CT molecular complexity index is 790. The molecule has 2 aromatic rings. The third-order valence-electron chi connectivity index (χ3n) is 3.98. The topological polar surface area (TPSA) is 48.8 Å². The molecule has 1 aliphatic rings. The number of hydrogen-bond donors (Lipinski definition) is 0. The third-order valence-corrected chi connectivity index (χ3v) is 3.98. The number of benzene rings is 1. The number of hydrogen-bond acceptors (Lipinski definition) is 5. The van der Waals surface area contributed by atoms with Gasteiger partial charge in [-0.3, -0.25) is 4.90 Å². The highest BCUT2D eigenvalue weighted by molar-refractivity contribution is 5.44. The maximum absolute atomic E-state index is 12.5. The van der Waals surface area contributed by atoms with Gasteiger partial charge >= 0.3 is 6.18 Å². The first-order valence-electron chi connectivity index (χ1n) is 8.02. The zero-order chi connectivity index (χ0) is 18.9. The summed E-state index contributed by atoms with van der Waals surface area (Å²) in [6.45, 7) is 1.61. The van der Waals surface area contributed by atoms with Crippen LogP contribution in [0.15, 0.2) is 18.2 Å². The zero-order valence-corrected chi connectivity index (χ0v) is 14.8. The molecule has 0 unspecified atom stereocenters. The first-order chi connectivity index (χ1) is 12.2. The molecule has 9 heteroatoms. The lowest BCUT2D eigenvalue weighted by molar-refractivity contribution is -0.154. The van der Waals surface area contributed by atoms with E-state index < -0.39 is 12.8 Å². The minimum Gasteiger partial charge on any atom is -0.468 e. The Balaban J connectivity index is 1.69. The number of halogens is 3. The van der Waals surface area contributed by atoms with Gasteiger partial charge in [0.05, 0.1) is 11.3 Å². The Hall–Kier alpha value is -2.42. The van der Waals surface area contributed by atoms with E-state index >= 15 is 0 Å². The average Bonchev–Trinajstić information content (AvgIpc) is 3.09. The predicted molar refractivity (Wildman–Crippen MR) is 87.2 cm³/mol. The van der Waals surface area contributed by atoms with Gasteiger partial charge in [-0.2, -0.15) is 18.3 Å². The molecule has 2 heterocycles. The highest BCUT2D eigenvalue weighted by atomic mass is 19.4. The van der Waals surface area contributed by atoms with Crippen LogP contribution in [0.1, 0.15) is 16.8 Å². The van der Waals surface area contributed by atoms with Gasteiger partial charge in [0.2, 0.25) is 12.7 Å². The Morgan fingerprint density at radius 1 is 1.23 bits per heavy atom. The fourth-order valence-electron chi connectivity index (χ4n) is 2.87. The van der Waals surface area contributed by atoms with Gasteiger partial charge in [-0.15, -0.1) is 0 Å². The van der Waals surface area contributed by atoms with Crippen LogP contribution in [0.25, 0.3) is 0 Å². The van der Waals surface area contributed by atoms with E-state index in [4.69, 9.17) is 14.2 Å². The minimum absolute atomic E-state index is 0.136. The largest absolute Gasteiger partial charge is 0.468 e. The second-order valence-electron chi connectivity index (χ2n) is 6.26. The zero-order valence-electron chi connectivity index (χ0n) is 14.8. The van der Waals surface area contributed by atoms with E-state index in [1.165, 1.54) is 4.68 Å². The van der Waals surface area contributed by atoms with Crippen LogP contribution in [0.2, 0.25) is 0 Å². The van der Waals surface area contributed by atoms with Gasteiger partial charge in [-0.1, -0.05) is 6.07 Å². The van der Waals surface area contributed by atoms with Gasteiger partial charge in [-0.05, 0) is 31.7 Å². The molecule has 0 amide bonds. The first kappa shape index (κ1) is 18.4. The molecule has 142 valence electrons. The molecule has 0 fully saturated rings. The van der Waals surface area contributed by atoms with Crippen LogP contribution in [0.3, 0.4) is 0 Å². The molecular weight excluding hydrogens is 351 g/mol. The van der Waals surface area contributed by atoms with E-state index in [0.717, 1.165) is 5.56 Å². The van der Waals surface area contributed by atoms with Crippen LogP contribution >= 0.6 is 0 Å². The van der Waals surface area contributed by atoms with Crippen LogP contribution < -0.4 is 14.2 Å². The molecule has 3 rings (SSSR count).